The van der Waals surface area contributed by atoms with E-state index in [9.17, 15) is 4.79 Å². The number of hydrogen-bond donors (Lipinski definition) is 3. The predicted molar refractivity (Wildman–Crippen MR) is 93.9 cm³/mol. The highest BCUT2D eigenvalue weighted by atomic mass is 16.5. The van der Waals surface area contributed by atoms with E-state index in [4.69, 9.17) is 10.5 Å². The van der Waals surface area contributed by atoms with Gasteiger partial charge in [-0.25, -0.2) is 4.79 Å². The third kappa shape index (κ3) is 4.16. The van der Waals surface area contributed by atoms with E-state index < -0.39 is 0 Å². The number of nitrogens with two attached hydrogens (primary N) is 1. The Morgan fingerprint density at radius 3 is 2.48 bits per heavy atom. The summed E-state index contributed by atoms with van der Waals surface area (Å²) in [5.41, 5.74) is 11.3. The van der Waals surface area contributed by atoms with Crippen LogP contribution in [0.4, 0.5) is 16.2 Å². The van der Waals surface area contributed by atoms with Crippen LogP contribution in [0.15, 0.2) is 30.3 Å². The van der Waals surface area contributed by atoms with E-state index in [0.717, 1.165) is 28.0 Å². The molecule has 0 atom stereocenters. The minimum atomic E-state index is -0.358. The Bertz CT molecular complexity index is 726. The van der Waals surface area contributed by atoms with Crippen molar-refractivity contribution >= 4 is 17.4 Å². The van der Waals surface area contributed by atoms with Gasteiger partial charge in [0.25, 0.3) is 0 Å². The zero-order valence-electron chi connectivity index (χ0n) is 14.0. The van der Waals surface area contributed by atoms with Gasteiger partial charge in [0.1, 0.15) is 5.75 Å². The van der Waals surface area contributed by atoms with Gasteiger partial charge in [-0.05, 0) is 62.1 Å². The van der Waals surface area contributed by atoms with E-state index in [1.807, 2.05) is 45.9 Å². The highest BCUT2D eigenvalue weighted by Gasteiger charge is 2.08. The molecule has 4 N–H and O–H groups in total. The zero-order valence-corrected chi connectivity index (χ0v) is 14.0. The van der Waals surface area contributed by atoms with Crippen LogP contribution in [0.1, 0.15) is 22.3 Å². The van der Waals surface area contributed by atoms with Crippen molar-refractivity contribution in [2.75, 3.05) is 17.8 Å². The Labute approximate surface area is 136 Å². The Kier molecular flexibility index (Phi) is 5.11. The number of carbonyl (C=O) groups excluding carboxylic acids is 1. The number of anilines is 2. The summed E-state index contributed by atoms with van der Waals surface area (Å²) in [6, 6.07) is 9.18. The number of benzene rings is 2. The minimum absolute atomic E-state index is 0.0860. The van der Waals surface area contributed by atoms with Crippen LogP contribution in [0.2, 0.25) is 0 Å². The molecule has 0 saturated heterocycles. The molecule has 0 heterocycles. The van der Waals surface area contributed by atoms with E-state index in [-0.39, 0.29) is 12.8 Å². The van der Waals surface area contributed by atoms with Crippen molar-refractivity contribution in [3.8, 4) is 5.75 Å². The van der Waals surface area contributed by atoms with Gasteiger partial charge in [0.05, 0.1) is 11.4 Å². The molecule has 2 amide bonds. The van der Waals surface area contributed by atoms with Crippen LogP contribution < -0.4 is 21.1 Å². The average Bonchev–Trinajstić information content (AvgIpc) is 2.49. The number of hydrogen-bond acceptors (Lipinski definition) is 3. The molecule has 0 fully saturated rings. The monoisotopic (exact) mass is 313 g/mol. The Morgan fingerprint density at radius 2 is 1.78 bits per heavy atom. The van der Waals surface area contributed by atoms with Gasteiger partial charge in [-0.3, -0.25) is 0 Å². The lowest BCUT2D eigenvalue weighted by Crippen LogP contribution is -2.32. The Morgan fingerprint density at radius 1 is 1.09 bits per heavy atom. The first kappa shape index (κ1) is 16.7. The number of nitrogen functional groups attached to an aromatic ring is 1. The standard InChI is InChI=1S/C18H23N3O2/c1-11-5-8-16(15(19)9-11)21-18(22)20-10-23-17-13(3)7-6-12(2)14(17)4/h5-9H,10,19H2,1-4H3,(H2,20,21,22). The van der Waals surface area contributed by atoms with Gasteiger partial charge in [0.2, 0.25) is 0 Å². The highest BCUT2D eigenvalue weighted by molar-refractivity contribution is 5.92. The third-order valence-corrected chi connectivity index (χ3v) is 3.78. The zero-order chi connectivity index (χ0) is 17.0. The van der Waals surface area contributed by atoms with Crippen molar-refractivity contribution in [3.05, 3.63) is 52.6 Å². The first-order valence-electron chi connectivity index (χ1n) is 7.49. The topological polar surface area (TPSA) is 76.4 Å². The van der Waals surface area contributed by atoms with Crippen LogP contribution >= 0.6 is 0 Å². The molecule has 0 spiro atoms. The SMILES string of the molecule is Cc1ccc(NC(=O)NCOc2c(C)ccc(C)c2C)c(N)c1. The van der Waals surface area contributed by atoms with Crippen LogP contribution in [0, 0.1) is 27.7 Å². The maximum atomic E-state index is 11.9. The van der Waals surface area contributed by atoms with Gasteiger partial charge in [-0.1, -0.05) is 18.2 Å². The van der Waals surface area contributed by atoms with Gasteiger partial charge < -0.3 is 21.1 Å². The second-order valence-electron chi connectivity index (χ2n) is 5.66. The molecule has 0 saturated carbocycles. The van der Waals surface area contributed by atoms with Crippen LogP contribution in [0.3, 0.4) is 0 Å². The number of aryl methyl sites for hydroxylation is 3. The molecule has 5 nitrogen and oxygen atoms in total. The fraction of sp³-hybridized carbons (Fsp3) is 0.278. The average molecular weight is 313 g/mol. The maximum absolute atomic E-state index is 11.9. The molecule has 0 aliphatic carbocycles. The lowest BCUT2D eigenvalue weighted by Gasteiger charge is -2.15. The van der Waals surface area contributed by atoms with Crippen LogP contribution in [0.25, 0.3) is 0 Å². The molecule has 5 heteroatoms. The summed E-state index contributed by atoms with van der Waals surface area (Å²) in [7, 11) is 0. The van der Waals surface area contributed by atoms with Crippen LogP contribution in [0.5, 0.6) is 5.75 Å². The second kappa shape index (κ2) is 7.05. The Hall–Kier alpha value is -2.69. The number of rotatable bonds is 4. The van der Waals surface area contributed by atoms with Gasteiger partial charge in [-0.15, -0.1) is 0 Å². The van der Waals surface area contributed by atoms with Gasteiger partial charge >= 0.3 is 6.03 Å². The molecule has 122 valence electrons. The van der Waals surface area contributed by atoms with Crippen molar-refractivity contribution in [1.29, 1.82) is 0 Å². The van der Waals surface area contributed by atoms with Gasteiger partial charge in [0.15, 0.2) is 6.73 Å². The number of amides is 2. The summed E-state index contributed by atoms with van der Waals surface area (Å²) in [5.74, 6) is 0.806. The molecular formula is C18H23N3O2. The molecular weight excluding hydrogens is 290 g/mol. The molecule has 0 unspecified atom stereocenters. The van der Waals surface area contributed by atoms with Crippen molar-refractivity contribution in [3.63, 3.8) is 0 Å². The number of nitrogens with one attached hydrogen (secondary N) is 2. The quantitative estimate of drug-likeness (QED) is 0.595. The van der Waals surface area contributed by atoms with Crippen molar-refractivity contribution in [1.82, 2.24) is 5.32 Å². The highest BCUT2D eigenvalue weighted by Crippen LogP contribution is 2.25. The lowest BCUT2D eigenvalue weighted by molar-refractivity contribution is 0.234. The maximum Gasteiger partial charge on any atom is 0.321 e. The van der Waals surface area contributed by atoms with E-state index in [0.29, 0.717) is 11.4 Å². The summed E-state index contributed by atoms with van der Waals surface area (Å²) >= 11 is 0. The van der Waals surface area contributed by atoms with Gasteiger partial charge in [-0.2, -0.15) is 0 Å². The molecule has 2 rings (SSSR count). The number of urea groups is 1. The summed E-state index contributed by atoms with van der Waals surface area (Å²) < 4.78 is 5.70. The smallest absolute Gasteiger partial charge is 0.321 e. The first-order valence-corrected chi connectivity index (χ1v) is 7.49. The normalized spacial score (nSPS) is 10.3. The van der Waals surface area contributed by atoms with Crippen molar-refractivity contribution in [2.24, 2.45) is 0 Å². The molecule has 0 aliphatic rings. The summed E-state index contributed by atoms with van der Waals surface area (Å²) in [6.07, 6.45) is 0. The van der Waals surface area contributed by atoms with Crippen molar-refractivity contribution < 1.29 is 9.53 Å². The van der Waals surface area contributed by atoms with Crippen LogP contribution in [-0.2, 0) is 0 Å². The summed E-state index contributed by atoms with van der Waals surface area (Å²) in [5, 5.41) is 5.38. The van der Waals surface area contributed by atoms with E-state index >= 15 is 0 Å². The fourth-order valence-corrected chi connectivity index (χ4v) is 2.28. The summed E-state index contributed by atoms with van der Waals surface area (Å²) in [6.45, 7) is 8.05. The largest absolute Gasteiger partial charge is 0.473 e. The molecule has 0 aromatic heterocycles. The fourth-order valence-electron chi connectivity index (χ4n) is 2.28. The second-order valence-corrected chi connectivity index (χ2v) is 5.66. The molecule has 23 heavy (non-hydrogen) atoms. The molecule has 0 aliphatic heterocycles. The van der Waals surface area contributed by atoms with Crippen LogP contribution in [-0.4, -0.2) is 12.8 Å². The minimum Gasteiger partial charge on any atom is -0.473 e. The molecule has 0 radical (unpaired) electrons. The predicted octanol–water partition coefficient (Wildman–Crippen LogP) is 3.66. The van der Waals surface area contributed by atoms with E-state index in [1.165, 1.54) is 0 Å². The number of ether oxygens (including phenoxy) is 1. The van der Waals surface area contributed by atoms with E-state index in [1.54, 1.807) is 6.07 Å². The molecule has 0 bridgehead atoms. The summed E-state index contributed by atoms with van der Waals surface area (Å²) in [4.78, 5) is 11.9. The Balaban J connectivity index is 1.92. The van der Waals surface area contributed by atoms with E-state index in [2.05, 4.69) is 16.7 Å². The van der Waals surface area contributed by atoms with Gasteiger partial charge in [0, 0.05) is 0 Å². The number of carbonyl (C=O) groups is 1. The molecule has 2 aromatic carbocycles. The lowest BCUT2D eigenvalue weighted by atomic mass is 10.1. The molecule has 2 aromatic rings. The third-order valence-electron chi connectivity index (χ3n) is 3.78. The van der Waals surface area contributed by atoms with Crippen molar-refractivity contribution in [2.45, 2.75) is 27.7 Å². The first-order chi connectivity index (χ1) is 10.9.